The molecule has 28 heavy (non-hydrogen) atoms. The first-order valence-corrected chi connectivity index (χ1v) is 12.2. The van der Waals surface area contributed by atoms with Crippen molar-refractivity contribution in [2.45, 2.75) is 76.4 Å². The monoisotopic (exact) mass is 400 g/mol. The normalized spacial score (nSPS) is 19.7. The molecule has 0 atom stereocenters. The summed E-state index contributed by atoms with van der Waals surface area (Å²) < 4.78 is 26.0. The van der Waals surface area contributed by atoms with E-state index in [1.165, 1.54) is 12.8 Å². The van der Waals surface area contributed by atoms with Gasteiger partial charge in [0, 0.05) is 5.56 Å². The van der Waals surface area contributed by atoms with Gasteiger partial charge < -0.3 is 0 Å². The van der Waals surface area contributed by atoms with Crippen molar-refractivity contribution in [2.75, 3.05) is 0 Å². The van der Waals surface area contributed by atoms with Gasteiger partial charge in [0.25, 0.3) is 5.52 Å². The zero-order valence-corrected chi connectivity index (χ0v) is 17.2. The molecule has 0 amide bonds. The lowest BCUT2D eigenvalue weighted by Gasteiger charge is -2.30. The topological polar surface area (TPSA) is 52.6 Å². The van der Waals surface area contributed by atoms with Crippen molar-refractivity contribution in [2.24, 2.45) is 0 Å². The summed E-state index contributed by atoms with van der Waals surface area (Å²) >= 11 is 0. The lowest BCUT2D eigenvalue weighted by atomic mass is 9.98. The molecular weight excluding hydrogens is 371 g/mol. The fourth-order valence-corrected chi connectivity index (χ4v) is 6.35. The van der Waals surface area contributed by atoms with E-state index in [4.69, 9.17) is 9.05 Å². The van der Waals surface area contributed by atoms with Gasteiger partial charge in [-0.05, 0) is 36.5 Å². The van der Waals surface area contributed by atoms with Crippen LogP contribution >= 0.6 is 7.60 Å². The highest BCUT2D eigenvalue weighted by Crippen LogP contribution is 2.56. The van der Waals surface area contributed by atoms with E-state index in [2.05, 4.69) is 0 Å². The van der Waals surface area contributed by atoms with E-state index < -0.39 is 13.1 Å². The van der Waals surface area contributed by atoms with Gasteiger partial charge in [-0.1, -0.05) is 81.0 Å². The summed E-state index contributed by atoms with van der Waals surface area (Å²) in [6.45, 7) is 0. The predicted molar refractivity (Wildman–Crippen MR) is 112 cm³/mol. The molecule has 4 rings (SSSR count). The van der Waals surface area contributed by atoms with Crippen LogP contribution in [0.2, 0.25) is 0 Å². The zero-order chi connectivity index (χ0) is 19.4. The second-order valence-electron chi connectivity index (χ2n) is 8.06. The Hall–Kier alpha value is -1.48. The Bertz CT molecular complexity index is 837. The van der Waals surface area contributed by atoms with Crippen LogP contribution in [0.4, 0.5) is 0 Å². The van der Waals surface area contributed by atoms with Crippen molar-refractivity contribution in [1.29, 1.82) is 0 Å². The summed E-state index contributed by atoms with van der Waals surface area (Å²) in [5, 5.41) is 1.75. The molecule has 2 aromatic rings. The lowest BCUT2D eigenvalue weighted by molar-refractivity contribution is 0.0683. The minimum atomic E-state index is -3.91. The minimum absolute atomic E-state index is 0.151. The van der Waals surface area contributed by atoms with Gasteiger partial charge in [-0.3, -0.25) is 18.4 Å². The first kappa shape index (κ1) is 19.8. The summed E-state index contributed by atoms with van der Waals surface area (Å²) in [7, 11) is -3.91. The average molecular weight is 400 g/mol. The second kappa shape index (κ2) is 8.90. The van der Waals surface area contributed by atoms with E-state index in [-0.39, 0.29) is 12.2 Å². The molecule has 0 unspecified atom stereocenters. The van der Waals surface area contributed by atoms with Crippen LogP contribution in [0.15, 0.2) is 42.5 Å². The van der Waals surface area contributed by atoms with Crippen molar-refractivity contribution in [3.8, 4) is 0 Å². The number of rotatable bonds is 6. The third kappa shape index (κ3) is 4.40. The molecule has 0 N–H and O–H groups in total. The zero-order valence-electron chi connectivity index (χ0n) is 16.3. The van der Waals surface area contributed by atoms with E-state index in [0.717, 1.165) is 62.1 Å². The van der Waals surface area contributed by atoms with Gasteiger partial charge in [0.1, 0.15) is 0 Å². The first-order valence-electron chi connectivity index (χ1n) is 10.7. The van der Waals surface area contributed by atoms with Crippen LogP contribution < -0.4 is 0 Å². The van der Waals surface area contributed by atoms with E-state index in [1.54, 1.807) is 6.07 Å². The molecule has 0 heterocycles. The van der Waals surface area contributed by atoms with Crippen molar-refractivity contribution in [3.05, 3.63) is 48.0 Å². The van der Waals surface area contributed by atoms with Gasteiger partial charge in [-0.15, -0.1) is 0 Å². The van der Waals surface area contributed by atoms with Gasteiger partial charge in [0.15, 0.2) is 0 Å². The Balaban J connectivity index is 1.66. The molecule has 2 saturated carbocycles. The van der Waals surface area contributed by atoms with Crippen LogP contribution in [-0.2, 0) is 13.6 Å². The maximum absolute atomic E-state index is 13.9. The van der Waals surface area contributed by atoms with Crippen LogP contribution in [0.5, 0.6) is 0 Å². The van der Waals surface area contributed by atoms with Crippen LogP contribution in [0.25, 0.3) is 10.8 Å². The number of hydrogen-bond acceptors (Lipinski definition) is 4. The Kier molecular flexibility index (Phi) is 6.30. The Morgan fingerprint density at radius 3 is 1.89 bits per heavy atom. The quantitative estimate of drug-likeness (QED) is 0.496. The molecule has 0 aliphatic heterocycles. The first-order chi connectivity index (χ1) is 13.7. The number of carbonyl (C=O) groups is 1. The molecule has 2 aliphatic carbocycles. The summed E-state index contributed by atoms with van der Waals surface area (Å²) in [5.74, 6) is 0. The SMILES string of the molecule is O=C(c1cccc2ccccc12)P(=O)(OC1CCCCC1)OC1CCCCC1. The van der Waals surface area contributed by atoms with Crippen molar-refractivity contribution < 1.29 is 18.4 Å². The maximum Gasteiger partial charge on any atom is 0.402 e. The molecule has 2 aromatic carbocycles. The fraction of sp³-hybridized carbons (Fsp3) is 0.522. The summed E-state index contributed by atoms with van der Waals surface area (Å²) in [6, 6.07) is 13.2. The van der Waals surface area contributed by atoms with E-state index in [9.17, 15) is 9.36 Å². The van der Waals surface area contributed by atoms with Crippen LogP contribution in [0.3, 0.4) is 0 Å². The summed E-state index contributed by atoms with van der Waals surface area (Å²) in [5.41, 5.74) is -0.0477. The molecule has 0 spiro atoms. The van der Waals surface area contributed by atoms with Crippen molar-refractivity contribution in [1.82, 2.24) is 0 Å². The van der Waals surface area contributed by atoms with Gasteiger partial charge in [0.2, 0.25) is 0 Å². The van der Waals surface area contributed by atoms with Gasteiger partial charge in [-0.25, -0.2) is 0 Å². The van der Waals surface area contributed by atoms with E-state index in [0.29, 0.717) is 5.56 Å². The number of benzene rings is 2. The molecular formula is C23H29O4P. The largest absolute Gasteiger partial charge is 0.402 e. The number of carbonyl (C=O) groups excluding carboxylic acids is 1. The van der Waals surface area contributed by atoms with Crippen LogP contribution in [-0.4, -0.2) is 17.7 Å². The third-order valence-corrected chi connectivity index (χ3v) is 7.84. The Morgan fingerprint density at radius 1 is 0.750 bits per heavy atom. The molecule has 0 radical (unpaired) electrons. The second-order valence-corrected chi connectivity index (χ2v) is 9.88. The highest BCUT2D eigenvalue weighted by molar-refractivity contribution is 7.72. The lowest BCUT2D eigenvalue weighted by Crippen LogP contribution is -2.23. The van der Waals surface area contributed by atoms with Gasteiger partial charge >= 0.3 is 7.60 Å². The predicted octanol–water partition coefficient (Wildman–Crippen LogP) is 6.87. The minimum Gasteiger partial charge on any atom is -0.300 e. The highest BCUT2D eigenvalue weighted by atomic mass is 31.2. The molecule has 150 valence electrons. The standard InChI is InChI=1S/C23H29O4P/c24-23(22-17-9-11-18-10-7-8-16-21(18)22)28(25,26-19-12-3-1-4-13-19)27-20-14-5-2-6-15-20/h7-11,16-17,19-20H,1-6,12-15H2. The van der Waals surface area contributed by atoms with Gasteiger partial charge in [-0.2, -0.15) is 0 Å². The van der Waals surface area contributed by atoms with Crippen LogP contribution in [0, 0.1) is 0 Å². The van der Waals surface area contributed by atoms with Crippen molar-refractivity contribution in [3.63, 3.8) is 0 Å². The Labute approximate surface area is 167 Å². The van der Waals surface area contributed by atoms with Crippen molar-refractivity contribution >= 4 is 23.9 Å². The summed E-state index contributed by atoms with van der Waals surface area (Å²) in [4.78, 5) is 13.5. The molecule has 0 aromatic heterocycles. The van der Waals surface area contributed by atoms with Gasteiger partial charge in [0.05, 0.1) is 12.2 Å². The molecule has 2 aliphatic rings. The molecule has 0 saturated heterocycles. The molecule has 4 nitrogen and oxygen atoms in total. The average Bonchev–Trinajstić information content (AvgIpc) is 2.74. The van der Waals surface area contributed by atoms with Crippen LogP contribution in [0.1, 0.15) is 74.6 Å². The number of hydrogen-bond donors (Lipinski definition) is 0. The van der Waals surface area contributed by atoms with E-state index >= 15 is 0 Å². The fourth-order valence-electron chi connectivity index (χ4n) is 4.41. The maximum atomic E-state index is 13.9. The van der Waals surface area contributed by atoms with E-state index in [1.807, 2.05) is 36.4 Å². The third-order valence-electron chi connectivity index (χ3n) is 5.95. The molecule has 5 heteroatoms. The smallest absolute Gasteiger partial charge is 0.300 e. The molecule has 0 bridgehead atoms. The molecule has 2 fully saturated rings. The Morgan fingerprint density at radius 2 is 1.29 bits per heavy atom. The number of fused-ring (bicyclic) bond motifs is 1. The summed E-state index contributed by atoms with van der Waals surface area (Å²) in [6.07, 6.45) is 9.64. The highest BCUT2D eigenvalue weighted by Gasteiger charge is 2.41.